The molecule has 0 aliphatic heterocycles. The van der Waals surface area contributed by atoms with Crippen LogP contribution in [0.3, 0.4) is 0 Å². The van der Waals surface area contributed by atoms with Gasteiger partial charge < -0.3 is 4.74 Å². The van der Waals surface area contributed by atoms with Gasteiger partial charge in [-0.2, -0.15) is 0 Å². The van der Waals surface area contributed by atoms with Gasteiger partial charge in [0.15, 0.2) is 0 Å². The van der Waals surface area contributed by atoms with Crippen molar-refractivity contribution in [1.29, 1.82) is 0 Å². The summed E-state index contributed by atoms with van der Waals surface area (Å²) in [5, 5.41) is 0. The largest absolute Gasteiger partial charge is 0.466 e. The molecule has 0 unspecified atom stereocenters. The van der Waals surface area contributed by atoms with Crippen molar-refractivity contribution in [2.75, 3.05) is 7.11 Å². The van der Waals surface area contributed by atoms with E-state index in [2.05, 4.69) is 11.3 Å². The summed E-state index contributed by atoms with van der Waals surface area (Å²) in [6.45, 7) is 4.95. The van der Waals surface area contributed by atoms with Crippen LogP contribution in [0, 0.1) is 0 Å². The standard InChI is InChI=1S/C5H8O2.V/c1-4(2)5(6)7-3;/h1H2,2-3H3;. The third-order valence-corrected chi connectivity index (χ3v) is 0.534. The zero-order valence-corrected chi connectivity index (χ0v) is 6.37. The first-order valence-electron chi connectivity index (χ1n) is 1.92. The van der Waals surface area contributed by atoms with Crippen molar-refractivity contribution in [3.8, 4) is 0 Å². The van der Waals surface area contributed by atoms with Crippen LogP contribution in [0.2, 0.25) is 0 Å². The van der Waals surface area contributed by atoms with Crippen LogP contribution in [0.15, 0.2) is 12.2 Å². The minimum absolute atomic E-state index is 0. The summed E-state index contributed by atoms with van der Waals surface area (Å²) >= 11 is 0. The molecule has 3 heteroatoms. The molecule has 0 aliphatic carbocycles. The van der Waals surface area contributed by atoms with Gasteiger partial charge in [-0.05, 0) is 6.92 Å². The third kappa shape index (κ3) is 3.97. The number of carbonyl (C=O) groups is 1. The first-order valence-corrected chi connectivity index (χ1v) is 1.92. The molecule has 0 atom stereocenters. The van der Waals surface area contributed by atoms with Gasteiger partial charge in [0.05, 0.1) is 7.11 Å². The minimum Gasteiger partial charge on any atom is -0.466 e. The molecule has 8 heavy (non-hydrogen) atoms. The second kappa shape index (κ2) is 4.94. The maximum absolute atomic E-state index is 10.2. The third-order valence-electron chi connectivity index (χ3n) is 0.534. The Morgan fingerprint density at radius 2 is 2.00 bits per heavy atom. The summed E-state index contributed by atoms with van der Waals surface area (Å²) in [6, 6.07) is 0. The molecule has 0 aromatic rings. The average Bonchev–Trinajstić information content (AvgIpc) is 1.65. The Labute approximate surface area is 60.8 Å². The molecule has 45 valence electrons. The molecular weight excluding hydrogens is 143 g/mol. The fraction of sp³-hybridized carbons (Fsp3) is 0.400. The van der Waals surface area contributed by atoms with Crippen molar-refractivity contribution < 1.29 is 28.1 Å². The van der Waals surface area contributed by atoms with E-state index in [0.717, 1.165) is 0 Å². The second-order valence-corrected chi connectivity index (χ2v) is 1.27. The average molecular weight is 151 g/mol. The summed E-state index contributed by atoms with van der Waals surface area (Å²) in [5.74, 6) is -0.347. The molecule has 0 saturated carbocycles. The normalized spacial score (nSPS) is 6.75. The maximum Gasteiger partial charge on any atom is 0.332 e. The minimum atomic E-state index is -0.347. The fourth-order valence-electron chi connectivity index (χ4n) is 0.174. The van der Waals surface area contributed by atoms with Gasteiger partial charge in [-0.25, -0.2) is 4.79 Å². The SMILES string of the molecule is C=C(C)C(=O)OC.[V]. The molecule has 0 aromatic carbocycles. The van der Waals surface area contributed by atoms with Crippen molar-refractivity contribution >= 4 is 5.97 Å². The summed E-state index contributed by atoms with van der Waals surface area (Å²) in [4.78, 5) is 10.2. The molecule has 0 aromatic heterocycles. The summed E-state index contributed by atoms with van der Waals surface area (Å²) in [5.41, 5.74) is 0.433. The molecule has 0 bridgehead atoms. The molecule has 0 spiro atoms. The van der Waals surface area contributed by atoms with Crippen LogP contribution < -0.4 is 0 Å². The van der Waals surface area contributed by atoms with E-state index in [1.165, 1.54) is 7.11 Å². The Morgan fingerprint density at radius 1 is 1.62 bits per heavy atom. The smallest absolute Gasteiger partial charge is 0.332 e. The van der Waals surface area contributed by atoms with Gasteiger partial charge in [-0.3, -0.25) is 0 Å². The van der Waals surface area contributed by atoms with E-state index in [1.54, 1.807) is 6.92 Å². The fourth-order valence-corrected chi connectivity index (χ4v) is 0.174. The van der Waals surface area contributed by atoms with Gasteiger partial charge in [0.2, 0.25) is 0 Å². The second-order valence-electron chi connectivity index (χ2n) is 1.27. The van der Waals surface area contributed by atoms with Crippen LogP contribution >= 0.6 is 0 Å². The van der Waals surface area contributed by atoms with Crippen molar-refractivity contribution in [1.82, 2.24) is 0 Å². The number of esters is 1. The van der Waals surface area contributed by atoms with Crippen molar-refractivity contribution in [2.24, 2.45) is 0 Å². The molecule has 0 saturated heterocycles. The molecule has 0 aliphatic rings. The first-order chi connectivity index (χ1) is 3.18. The van der Waals surface area contributed by atoms with Gasteiger partial charge in [-0.15, -0.1) is 0 Å². The number of hydrogen-bond donors (Lipinski definition) is 0. The predicted molar refractivity (Wildman–Crippen MR) is 26.8 cm³/mol. The van der Waals surface area contributed by atoms with E-state index < -0.39 is 0 Å². The number of rotatable bonds is 1. The van der Waals surface area contributed by atoms with Crippen molar-refractivity contribution in [2.45, 2.75) is 6.92 Å². The number of carbonyl (C=O) groups excluding carboxylic acids is 1. The van der Waals surface area contributed by atoms with Crippen LogP contribution in [0.5, 0.6) is 0 Å². The molecule has 0 rings (SSSR count). The molecule has 0 fully saturated rings. The Kier molecular flexibility index (Phi) is 6.62. The van der Waals surface area contributed by atoms with Gasteiger partial charge in [0.1, 0.15) is 0 Å². The number of methoxy groups -OCH3 is 1. The van der Waals surface area contributed by atoms with Crippen LogP contribution in [0.4, 0.5) is 0 Å². The van der Waals surface area contributed by atoms with Crippen LogP contribution in [0.25, 0.3) is 0 Å². The van der Waals surface area contributed by atoms with E-state index in [-0.39, 0.29) is 24.5 Å². The summed E-state index contributed by atoms with van der Waals surface area (Å²) in [6.07, 6.45) is 0. The number of hydrogen-bond acceptors (Lipinski definition) is 2. The van der Waals surface area contributed by atoms with E-state index in [0.29, 0.717) is 5.57 Å². The Balaban J connectivity index is 0. The van der Waals surface area contributed by atoms with E-state index in [4.69, 9.17) is 0 Å². The van der Waals surface area contributed by atoms with E-state index in [9.17, 15) is 4.79 Å². The van der Waals surface area contributed by atoms with E-state index >= 15 is 0 Å². The molecule has 2 nitrogen and oxygen atoms in total. The molecule has 1 radical (unpaired) electrons. The van der Waals surface area contributed by atoms with Gasteiger partial charge >= 0.3 is 5.97 Å². The van der Waals surface area contributed by atoms with Crippen LogP contribution in [0.1, 0.15) is 6.92 Å². The summed E-state index contributed by atoms with van der Waals surface area (Å²) < 4.78 is 4.27. The van der Waals surface area contributed by atoms with Crippen molar-refractivity contribution in [3.05, 3.63) is 12.2 Å². The van der Waals surface area contributed by atoms with Gasteiger partial charge in [-0.1, -0.05) is 6.58 Å². The Bertz CT molecular complexity index is 98.6. The van der Waals surface area contributed by atoms with Crippen molar-refractivity contribution in [3.63, 3.8) is 0 Å². The Hall–Kier alpha value is -0.206. The molecule has 0 N–H and O–H groups in total. The molecular formula is C5H8O2V. The van der Waals surface area contributed by atoms with Crippen LogP contribution in [-0.4, -0.2) is 13.1 Å². The monoisotopic (exact) mass is 151 g/mol. The maximum atomic E-state index is 10.2. The first kappa shape index (κ1) is 10.7. The number of ether oxygens (including phenoxy) is 1. The van der Waals surface area contributed by atoms with Gasteiger partial charge in [0.25, 0.3) is 0 Å². The topological polar surface area (TPSA) is 26.3 Å². The zero-order chi connectivity index (χ0) is 5.86. The van der Waals surface area contributed by atoms with Crippen LogP contribution in [-0.2, 0) is 28.1 Å². The molecule has 0 heterocycles. The van der Waals surface area contributed by atoms with E-state index in [1.807, 2.05) is 0 Å². The zero-order valence-electron chi connectivity index (χ0n) is 4.97. The Morgan fingerprint density at radius 3 is 2.00 bits per heavy atom. The predicted octanol–water partition coefficient (Wildman–Crippen LogP) is 0.733. The summed E-state index contributed by atoms with van der Waals surface area (Å²) in [7, 11) is 1.33. The van der Waals surface area contributed by atoms with Gasteiger partial charge in [0, 0.05) is 24.1 Å². The molecule has 0 amide bonds. The quantitative estimate of drug-likeness (QED) is 0.408.